The average molecular weight is 502 g/mol. The molecule has 0 spiro atoms. The summed E-state index contributed by atoms with van der Waals surface area (Å²) in [5, 5.41) is 5.07. The Hall–Kier alpha value is -3.69. The number of morpholine rings is 1. The third kappa shape index (κ3) is 5.42. The van der Waals surface area contributed by atoms with E-state index in [1.807, 2.05) is 90.9 Å². The molecule has 4 aromatic rings. The van der Waals surface area contributed by atoms with Crippen LogP contribution < -0.4 is 4.74 Å². The minimum absolute atomic E-state index is 0.0265. The summed E-state index contributed by atoms with van der Waals surface area (Å²) < 4.78 is 13.6. The van der Waals surface area contributed by atoms with Crippen molar-refractivity contribution in [1.82, 2.24) is 24.5 Å². The van der Waals surface area contributed by atoms with E-state index < -0.39 is 0 Å². The number of hydrogen-bond acceptors (Lipinski definition) is 7. The molecule has 0 aliphatic carbocycles. The summed E-state index contributed by atoms with van der Waals surface area (Å²) >= 11 is 1.45. The fourth-order valence-corrected chi connectivity index (χ4v) is 4.42. The molecule has 1 aliphatic rings. The summed E-state index contributed by atoms with van der Waals surface area (Å²) in [5.74, 6) is 1.02. The molecule has 1 unspecified atom stereocenters. The third-order valence-electron chi connectivity index (χ3n) is 5.84. The molecule has 2 aromatic carbocycles. The second kappa shape index (κ2) is 10.9. The van der Waals surface area contributed by atoms with Crippen molar-refractivity contribution in [3.8, 4) is 5.88 Å². The number of carbonyl (C=O) groups excluding carboxylic acids is 1. The van der Waals surface area contributed by atoms with Gasteiger partial charge in [0.25, 0.3) is 11.7 Å². The van der Waals surface area contributed by atoms with E-state index in [-0.39, 0.29) is 18.6 Å². The van der Waals surface area contributed by atoms with Gasteiger partial charge in [-0.05, 0) is 30.4 Å². The van der Waals surface area contributed by atoms with Gasteiger partial charge < -0.3 is 14.4 Å². The van der Waals surface area contributed by atoms with Crippen molar-refractivity contribution >= 4 is 35.1 Å². The lowest BCUT2D eigenvalue weighted by Crippen LogP contribution is -2.47. The van der Waals surface area contributed by atoms with Gasteiger partial charge in [-0.25, -0.2) is 4.98 Å². The number of amides is 1. The molecule has 2 aromatic heterocycles. The Morgan fingerprint density at radius 3 is 2.64 bits per heavy atom. The summed E-state index contributed by atoms with van der Waals surface area (Å²) in [6.45, 7) is 3.56. The van der Waals surface area contributed by atoms with E-state index in [1.54, 1.807) is 4.52 Å². The van der Waals surface area contributed by atoms with E-state index in [0.717, 1.165) is 16.8 Å². The molecule has 8 nitrogen and oxygen atoms in total. The van der Waals surface area contributed by atoms with Gasteiger partial charge in [-0.2, -0.15) is 9.50 Å². The highest BCUT2D eigenvalue weighted by atomic mass is 32.2. The molecular weight excluding hydrogens is 474 g/mol. The van der Waals surface area contributed by atoms with Crippen LogP contribution in [0.25, 0.3) is 17.4 Å². The first kappa shape index (κ1) is 24.0. The highest BCUT2D eigenvalue weighted by Crippen LogP contribution is 2.23. The summed E-state index contributed by atoms with van der Waals surface area (Å²) in [6.07, 6.45) is 3.59. The molecule has 1 amide bonds. The third-order valence-corrected chi connectivity index (χ3v) is 6.38. The van der Waals surface area contributed by atoms with E-state index in [2.05, 4.69) is 15.1 Å². The van der Waals surface area contributed by atoms with Crippen molar-refractivity contribution in [3.63, 3.8) is 0 Å². The smallest absolute Gasteiger partial charge is 0.256 e. The largest absolute Gasteiger partial charge is 0.475 e. The SMILES string of the molecule is CSc1nc2nc(C)cc(OCC3CN(C(=O)C(=Cc4ccccc4)c4ccccc4)CCO3)n2n1. The Balaban J connectivity index is 1.33. The monoisotopic (exact) mass is 501 g/mol. The maximum absolute atomic E-state index is 13.7. The molecule has 0 N–H and O–H groups in total. The van der Waals surface area contributed by atoms with Crippen LogP contribution in [0.2, 0.25) is 0 Å². The summed E-state index contributed by atoms with van der Waals surface area (Å²) in [5.41, 5.74) is 3.31. The highest BCUT2D eigenvalue weighted by molar-refractivity contribution is 7.98. The maximum atomic E-state index is 13.7. The van der Waals surface area contributed by atoms with Crippen molar-refractivity contribution in [1.29, 1.82) is 0 Å². The van der Waals surface area contributed by atoms with Gasteiger partial charge in [-0.3, -0.25) is 4.79 Å². The lowest BCUT2D eigenvalue weighted by Gasteiger charge is -2.33. The second-order valence-electron chi connectivity index (χ2n) is 8.44. The van der Waals surface area contributed by atoms with Crippen LogP contribution in [0.5, 0.6) is 5.88 Å². The molecule has 0 radical (unpaired) electrons. The Morgan fingerprint density at radius 2 is 1.89 bits per heavy atom. The summed E-state index contributed by atoms with van der Waals surface area (Å²) in [6, 6.07) is 21.5. The molecule has 184 valence electrons. The number of benzene rings is 2. The molecule has 1 saturated heterocycles. The number of hydrogen-bond donors (Lipinski definition) is 0. The zero-order valence-electron chi connectivity index (χ0n) is 20.2. The first-order valence-corrected chi connectivity index (χ1v) is 13.0. The number of aromatic nitrogens is 4. The van der Waals surface area contributed by atoms with Gasteiger partial charge in [-0.1, -0.05) is 72.4 Å². The first-order valence-electron chi connectivity index (χ1n) is 11.7. The van der Waals surface area contributed by atoms with E-state index >= 15 is 0 Å². The van der Waals surface area contributed by atoms with Crippen molar-refractivity contribution in [2.75, 3.05) is 32.6 Å². The zero-order valence-corrected chi connectivity index (χ0v) is 21.0. The molecule has 1 atom stereocenters. The van der Waals surface area contributed by atoms with Crippen LogP contribution in [0.15, 0.2) is 71.9 Å². The number of ether oxygens (including phenoxy) is 2. The minimum Gasteiger partial charge on any atom is -0.475 e. The lowest BCUT2D eigenvalue weighted by atomic mass is 10.0. The van der Waals surface area contributed by atoms with Crippen molar-refractivity contribution in [3.05, 3.63) is 83.6 Å². The standard InChI is InChI=1S/C27H27N5O3S/c1-19-15-24(32-26(28-19)29-27(30-32)36-2)35-18-22-17-31(13-14-34-22)25(33)23(21-11-7-4-8-12-21)16-20-9-5-3-6-10-20/h3-12,15-16,22H,13-14,17-18H2,1-2H3. The molecule has 1 fully saturated rings. The summed E-state index contributed by atoms with van der Waals surface area (Å²) in [7, 11) is 0. The molecule has 0 bridgehead atoms. The van der Waals surface area contributed by atoms with E-state index in [1.165, 1.54) is 11.8 Å². The van der Waals surface area contributed by atoms with Crippen LogP contribution in [0.1, 0.15) is 16.8 Å². The Bertz CT molecular complexity index is 1370. The Labute approximate surface area is 214 Å². The average Bonchev–Trinajstić information content (AvgIpc) is 3.34. The number of rotatable bonds is 7. The number of thioether (sulfide) groups is 1. The fraction of sp³-hybridized carbons (Fsp3) is 0.259. The van der Waals surface area contributed by atoms with Crippen molar-refractivity contribution in [2.24, 2.45) is 0 Å². The second-order valence-corrected chi connectivity index (χ2v) is 9.21. The minimum atomic E-state index is -0.275. The van der Waals surface area contributed by atoms with E-state index in [0.29, 0.717) is 42.1 Å². The van der Waals surface area contributed by atoms with Crippen LogP contribution >= 0.6 is 11.8 Å². The van der Waals surface area contributed by atoms with Crippen LogP contribution in [0.4, 0.5) is 0 Å². The normalized spacial score (nSPS) is 16.3. The van der Waals surface area contributed by atoms with Gasteiger partial charge >= 0.3 is 0 Å². The molecule has 1 aliphatic heterocycles. The van der Waals surface area contributed by atoms with Crippen molar-refractivity contribution in [2.45, 2.75) is 18.2 Å². The van der Waals surface area contributed by atoms with Crippen LogP contribution in [0, 0.1) is 6.92 Å². The van der Waals surface area contributed by atoms with E-state index in [4.69, 9.17) is 9.47 Å². The van der Waals surface area contributed by atoms with Crippen molar-refractivity contribution < 1.29 is 14.3 Å². The highest BCUT2D eigenvalue weighted by Gasteiger charge is 2.28. The van der Waals surface area contributed by atoms with Gasteiger partial charge in [0.15, 0.2) is 0 Å². The van der Waals surface area contributed by atoms with Gasteiger partial charge in [-0.15, -0.1) is 5.10 Å². The first-order chi connectivity index (χ1) is 17.6. The maximum Gasteiger partial charge on any atom is 0.256 e. The summed E-state index contributed by atoms with van der Waals surface area (Å²) in [4.78, 5) is 24.4. The van der Waals surface area contributed by atoms with Gasteiger partial charge in [0.1, 0.15) is 12.7 Å². The van der Waals surface area contributed by atoms with Crippen LogP contribution in [-0.2, 0) is 9.53 Å². The quantitative estimate of drug-likeness (QED) is 0.215. The number of fused-ring (bicyclic) bond motifs is 1. The zero-order chi connectivity index (χ0) is 24.9. The topological polar surface area (TPSA) is 81.9 Å². The molecule has 5 rings (SSSR count). The van der Waals surface area contributed by atoms with E-state index in [9.17, 15) is 4.79 Å². The molecule has 9 heteroatoms. The predicted octanol–water partition coefficient (Wildman–Crippen LogP) is 4.00. The van der Waals surface area contributed by atoms with Crippen LogP contribution in [0.3, 0.4) is 0 Å². The molecule has 0 saturated carbocycles. The number of aryl methyl sites for hydroxylation is 1. The van der Waals surface area contributed by atoms with Crippen LogP contribution in [-0.4, -0.2) is 69.1 Å². The Morgan fingerprint density at radius 1 is 1.14 bits per heavy atom. The number of carbonyl (C=O) groups is 1. The molecule has 36 heavy (non-hydrogen) atoms. The van der Waals surface area contributed by atoms with Gasteiger partial charge in [0.05, 0.1) is 13.2 Å². The predicted molar refractivity (Wildman–Crippen MR) is 140 cm³/mol. The molecule has 3 heterocycles. The lowest BCUT2D eigenvalue weighted by molar-refractivity contribution is -0.133. The number of nitrogens with zero attached hydrogens (tertiary/aromatic N) is 5. The Kier molecular flexibility index (Phi) is 7.29. The molecular formula is C27H27N5O3S. The van der Waals surface area contributed by atoms with Gasteiger partial charge in [0.2, 0.25) is 11.0 Å². The fourth-order valence-electron chi connectivity index (χ4n) is 4.08. The van der Waals surface area contributed by atoms with Gasteiger partial charge in [0, 0.05) is 23.9 Å².